The van der Waals surface area contributed by atoms with E-state index in [9.17, 15) is 13.6 Å². The quantitative estimate of drug-likeness (QED) is 0.522. The van der Waals surface area contributed by atoms with Crippen LogP contribution in [0.1, 0.15) is 18.4 Å². The minimum absolute atomic E-state index is 0.0825. The number of thiazole rings is 1. The van der Waals surface area contributed by atoms with Gasteiger partial charge in [0.05, 0.1) is 4.70 Å². The van der Waals surface area contributed by atoms with Gasteiger partial charge in [-0.3, -0.25) is 4.79 Å². The van der Waals surface area contributed by atoms with Gasteiger partial charge in [-0.2, -0.15) is 4.98 Å². The van der Waals surface area contributed by atoms with Gasteiger partial charge in [-0.15, -0.1) is 0 Å². The summed E-state index contributed by atoms with van der Waals surface area (Å²) in [4.78, 5) is 18.3. The van der Waals surface area contributed by atoms with Crippen LogP contribution in [0.25, 0.3) is 16.3 Å². The number of carbonyl (C=O) groups excluding carboxylic acids is 1. The summed E-state index contributed by atoms with van der Waals surface area (Å²) in [5.74, 6) is -1.42. The van der Waals surface area contributed by atoms with Gasteiger partial charge in [0.25, 0.3) is 5.19 Å². The lowest BCUT2D eigenvalue weighted by atomic mass is 10.1. The number of ether oxygens (including phenoxy) is 1. The summed E-state index contributed by atoms with van der Waals surface area (Å²) >= 11 is 7.21. The van der Waals surface area contributed by atoms with Gasteiger partial charge in [0.2, 0.25) is 5.91 Å². The molecular weight excluding hydrogens is 418 g/mol. The van der Waals surface area contributed by atoms with Gasteiger partial charge >= 0.3 is 0 Å². The average molecular weight is 435 g/mol. The largest absolute Gasteiger partial charge is 0.467 e. The SMILES string of the molecule is O=C(/C=C/c1ccccc1Cl)N1CCC(Oc2nc3c(F)cc(F)cc3s2)CC1. The maximum absolute atomic E-state index is 13.8. The summed E-state index contributed by atoms with van der Waals surface area (Å²) in [6.07, 6.45) is 4.38. The molecule has 1 saturated heterocycles. The number of benzene rings is 2. The monoisotopic (exact) mass is 434 g/mol. The molecule has 0 bridgehead atoms. The molecule has 2 heterocycles. The van der Waals surface area contributed by atoms with Crippen molar-refractivity contribution in [1.29, 1.82) is 0 Å². The third kappa shape index (κ3) is 4.57. The number of hydrogen-bond acceptors (Lipinski definition) is 4. The highest BCUT2D eigenvalue weighted by atomic mass is 35.5. The molecule has 0 radical (unpaired) electrons. The van der Waals surface area contributed by atoms with E-state index in [-0.39, 0.29) is 17.5 Å². The smallest absolute Gasteiger partial charge is 0.274 e. The molecule has 4 rings (SSSR count). The molecule has 4 nitrogen and oxygen atoms in total. The van der Waals surface area contributed by atoms with Crippen molar-refractivity contribution in [3.63, 3.8) is 0 Å². The summed E-state index contributed by atoms with van der Waals surface area (Å²) in [7, 11) is 0. The van der Waals surface area contributed by atoms with Gasteiger partial charge in [0.1, 0.15) is 17.4 Å². The first kappa shape index (κ1) is 19.8. The highest BCUT2D eigenvalue weighted by Crippen LogP contribution is 2.32. The van der Waals surface area contributed by atoms with Crippen LogP contribution in [0.3, 0.4) is 0 Å². The Morgan fingerprint density at radius 1 is 1.24 bits per heavy atom. The fraction of sp³-hybridized carbons (Fsp3) is 0.238. The number of fused-ring (bicyclic) bond motifs is 1. The number of aromatic nitrogens is 1. The molecule has 1 amide bonds. The molecule has 0 spiro atoms. The van der Waals surface area contributed by atoms with Gasteiger partial charge in [0, 0.05) is 43.1 Å². The minimum Gasteiger partial charge on any atom is -0.467 e. The van der Waals surface area contributed by atoms with E-state index in [0.29, 0.717) is 40.8 Å². The van der Waals surface area contributed by atoms with E-state index in [4.69, 9.17) is 16.3 Å². The van der Waals surface area contributed by atoms with Crippen LogP contribution in [0.4, 0.5) is 8.78 Å². The molecule has 1 aliphatic rings. The molecule has 2 aromatic carbocycles. The van der Waals surface area contributed by atoms with Crippen LogP contribution in [-0.2, 0) is 4.79 Å². The van der Waals surface area contributed by atoms with Crippen molar-refractivity contribution in [2.45, 2.75) is 18.9 Å². The Balaban J connectivity index is 1.34. The lowest BCUT2D eigenvalue weighted by molar-refractivity contribution is -0.127. The standard InChI is InChI=1S/C21H17ClF2N2O2S/c22-16-4-2-1-3-13(16)5-6-19(27)26-9-7-15(8-10-26)28-21-25-20-17(24)11-14(23)12-18(20)29-21/h1-6,11-12,15H,7-10H2/b6-5+. The molecule has 29 heavy (non-hydrogen) atoms. The first-order valence-corrected chi connectivity index (χ1v) is 10.3. The zero-order valence-corrected chi connectivity index (χ0v) is 16.9. The predicted molar refractivity (Wildman–Crippen MR) is 110 cm³/mol. The van der Waals surface area contributed by atoms with Crippen molar-refractivity contribution in [2.24, 2.45) is 0 Å². The summed E-state index contributed by atoms with van der Waals surface area (Å²) in [6, 6.07) is 9.38. The molecule has 0 aliphatic carbocycles. The predicted octanol–water partition coefficient (Wildman–Crippen LogP) is 5.31. The fourth-order valence-electron chi connectivity index (χ4n) is 3.20. The van der Waals surface area contributed by atoms with Gasteiger partial charge in [-0.05, 0) is 23.8 Å². The highest BCUT2D eigenvalue weighted by Gasteiger charge is 2.24. The van der Waals surface area contributed by atoms with Crippen LogP contribution < -0.4 is 4.74 Å². The second-order valence-corrected chi connectivity index (χ2v) is 8.11. The maximum atomic E-state index is 13.8. The van der Waals surface area contributed by atoms with Crippen molar-refractivity contribution in [1.82, 2.24) is 9.88 Å². The summed E-state index contributed by atoms with van der Waals surface area (Å²) in [5, 5.41) is 0.906. The fourth-order valence-corrected chi connectivity index (χ4v) is 4.32. The molecule has 0 atom stereocenters. The molecule has 150 valence electrons. The van der Waals surface area contributed by atoms with Crippen molar-refractivity contribution >= 4 is 45.1 Å². The third-order valence-electron chi connectivity index (χ3n) is 4.73. The van der Waals surface area contributed by atoms with Crippen molar-refractivity contribution < 1.29 is 18.3 Å². The zero-order valence-electron chi connectivity index (χ0n) is 15.3. The van der Waals surface area contributed by atoms with Gasteiger partial charge < -0.3 is 9.64 Å². The molecular formula is C21H17ClF2N2O2S. The van der Waals surface area contributed by atoms with Crippen molar-refractivity contribution in [3.05, 3.63) is 64.7 Å². The lowest BCUT2D eigenvalue weighted by Crippen LogP contribution is -2.41. The van der Waals surface area contributed by atoms with E-state index in [1.807, 2.05) is 18.2 Å². The normalized spacial score (nSPS) is 15.3. The molecule has 8 heteroatoms. The highest BCUT2D eigenvalue weighted by molar-refractivity contribution is 7.20. The number of piperidine rings is 1. The number of hydrogen-bond donors (Lipinski definition) is 0. The Kier molecular flexibility index (Phi) is 5.78. The average Bonchev–Trinajstić information content (AvgIpc) is 3.10. The number of likely N-dealkylation sites (tertiary alicyclic amines) is 1. The number of rotatable bonds is 4. The molecule has 0 saturated carbocycles. The molecule has 0 unspecified atom stereocenters. The van der Waals surface area contributed by atoms with E-state index in [1.165, 1.54) is 12.1 Å². The van der Waals surface area contributed by atoms with E-state index < -0.39 is 11.6 Å². The second kappa shape index (κ2) is 8.47. The number of amides is 1. The molecule has 1 aliphatic heterocycles. The maximum Gasteiger partial charge on any atom is 0.274 e. The van der Waals surface area contributed by atoms with Crippen LogP contribution in [0.15, 0.2) is 42.5 Å². The van der Waals surface area contributed by atoms with Crippen LogP contribution in [-0.4, -0.2) is 35.0 Å². The van der Waals surface area contributed by atoms with Crippen LogP contribution in [0.2, 0.25) is 5.02 Å². The summed E-state index contributed by atoms with van der Waals surface area (Å²) in [5.41, 5.74) is 0.906. The molecule has 1 aromatic heterocycles. The van der Waals surface area contributed by atoms with Crippen molar-refractivity contribution in [3.8, 4) is 5.19 Å². The first-order chi connectivity index (χ1) is 14.0. The topological polar surface area (TPSA) is 42.4 Å². The summed E-state index contributed by atoms with van der Waals surface area (Å²) in [6.45, 7) is 1.09. The van der Waals surface area contributed by atoms with Gasteiger partial charge in [0.15, 0.2) is 5.82 Å². The first-order valence-electron chi connectivity index (χ1n) is 9.13. The zero-order chi connectivity index (χ0) is 20.4. The lowest BCUT2D eigenvalue weighted by Gasteiger charge is -2.30. The van der Waals surface area contributed by atoms with Crippen molar-refractivity contribution in [2.75, 3.05) is 13.1 Å². The van der Waals surface area contributed by atoms with Crippen LogP contribution >= 0.6 is 22.9 Å². The van der Waals surface area contributed by atoms with E-state index in [2.05, 4.69) is 4.98 Å². The second-order valence-electron chi connectivity index (χ2n) is 6.71. The number of carbonyl (C=O) groups is 1. The Morgan fingerprint density at radius 2 is 2.00 bits per heavy atom. The molecule has 1 fully saturated rings. The van der Waals surface area contributed by atoms with Crippen LogP contribution in [0.5, 0.6) is 5.19 Å². The van der Waals surface area contributed by atoms with E-state index in [0.717, 1.165) is 23.0 Å². The third-order valence-corrected chi connectivity index (χ3v) is 5.96. The number of halogens is 3. The molecule has 0 N–H and O–H groups in total. The Bertz CT molecular complexity index is 1080. The van der Waals surface area contributed by atoms with Gasteiger partial charge in [-0.25, -0.2) is 8.78 Å². The summed E-state index contributed by atoms with van der Waals surface area (Å²) < 4.78 is 33.4. The van der Waals surface area contributed by atoms with Gasteiger partial charge in [-0.1, -0.05) is 41.1 Å². The molecule has 3 aromatic rings. The number of nitrogens with zero attached hydrogens (tertiary/aromatic N) is 2. The van der Waals surface area contributed by atoms with E-state index in [1.54, 1.807) is 17.0 Å². The Hall–Kier alpha value is -2.51. The Labute approximate surface area is 175 Å². The van der Waals surface area contributed by atoms with E-state index >= 15 is 0 Å². The minimum atomic E-state index is -0.697. The van der Waals surface area contributed by atoms with Crippen LogP contribution in [0, 0.1) is 11.6 Å². The Morgan fingerprint density at radius 3 is 2.76 bits per heavy atom.